The summed E-state index contributed by atoms with van der Waals surface area (Å²) in [7, 11) is -4.04. The quantitative estimate of drug-likeness (QED) is 0.792. The number of hydrogen-bond acceptors (Lipinski definition) is 3. The molecule has 7 heteroatoms. The molecule has 0 aliphatic heterocycles. The largest absolute Gasteiger partial charge is 0.480 e. The van der Waals surface area contributed by atoms with E-state index in [-0.39, 0.29) is 4.90 Å². The Bertz CT molecular complexity index is 841. The molecule has 2 aromatic rings. The number of sulfonamides is 1. The molecule has 0 fully saturated rings. The Hall–Kier alpha value is -2.05. The molecule has 0 aliphatic rings. The highest BCUT2D eigenvalue weighted by atomic mass is 35.5. The summed E-state index contributed by atoms with van der Waals surface area (Å²) >= 11 is 5.84. The van der Waals surface area contributed by atoms with E-state index in [1.54, 1.807) is 0 Å². The summed E-state index contributed by atoms with van der Waals surface area (Å²) in [6.45, 7) is 3.17. The molecule has 1 N–H and O–H groups in total. The average molecular weight is 382 g/mol. The molecule has 0 aromatic heterocycles. The van der Waals surface area contributed by atoms with Crippen molar-refractivity contribution in [2.45, 2.75) is 31.6 Å². The third kappa shape index (κ3) is 4.14. The molecule has 0 spiro atoms. The molecule has 0 saturated carbocycles. The standard InChI is InChI=1S/C18H20ClNO4S/c1-3-13-6-5-7-14(4-2)18(13)20(12-17(21)22)25(23,24)16-10-8-15(19)9-11-16/h5-11H,3-4,12H2,1-2H3,(H,21,22). The van der Waals surface area contributed by atoms with Crippen molar-refractivity contribution in [2.24, 2.45) is 0 Å². The van der Waals surface area contributed by atoms with E-state index >= 15 is 0 Å². The van der Waals surface area contributed by atoms with Crippen molar-refractivity contribution in [1.29, 1.82) is 0 Å². The molecule has 0 heterocycles. The van der Waals surface area contributed by atoms with Crippen LogP contribution in [0.4, 0.5) is 5.69 Å². The van der Waals surface area contributed by atoms with Gasteiger partial charge in [0, 0.05) is 5.02 Å². The highest BCUT2D eigenvalue weighted by molar-refractivity contribution is 7.92. The zero-order valence-electron chi connectivity index (χ0n) is 14.1. The number of carbonyl (C=O) groups is 1. The zero-order valence-corrected chi connectivity index (χ0v) is 15.6. The molecule has 2 rings (SSSR count). The van der Waals surface area contributed by atoms with E-state index in [0.29, 0.717) is 23.6 Å². The maximum Gasteiger partial charge on any atom is 0.324 e. The Morgan fingerprint density at radius 2 is 1.56 bits per heavy atom. The van der Waals surface area contributed by atoms with Crippen LogP contribution in [0.1, 0.15) is 25.0 Å². The van der Waals surface area contributed by atoms with E-state index in [9.17, 15) is 18.3 Å². The molecule has 0 saturated heterocycles. The highest BCUT2D eigenvalue weighted by Gasteiger charge is 2.30. The van der Waals surface area contributed by atoms with E-state index in [2.05, 4.69) is 0 Å². The van der Waals surface area contributed by atoms with Gasteiger partial charge in [0.2, 0.25) is 0 Å². The van der Waals surface area contributed by atoms with Crippen LogP contribution in [0.2, 0.25) is 5.02 Å². The predicted octanol–water partition coefficient (Wildman–Crippen LogP) is 3.74. The van der Waals surface area contributed by atoms with Gasteiger partial charge in [-0.05, 0) is 48.2 Å². The summed E-state index contributed by atoms with van der Waals surface area (Å²) in [6, 6.07) is 11.2. The van der Waals surface area contributed by atoms with Gasteiger partial charge in [0.25, 0.3) is 10.0 Å². The molecule has 2 aromatic carbocycles. The number of nitrogens with zero attached hydrogens (tertiary/aromatic N) is 1. The number of rotatable bonds is 7. The van der Waals surface area contributed by atoms with Gasteiger partial charge in [-0.2, -0.15) is 0 Å². The minimum absolute atomic E-state index is 0.00566. The van der Waals surface area contributed by atoms with Crippen molar-refractivity contribution >= 4 is 33.3 Å². The van der Waals surface area contributed by atoms with Crippen LogP contribution in [0, 0.1) is 0 Å². The van der Waals surface area contributed by atoms with Gasteiger partial charge in [0.05, 0.1) is 10.6 Å². The maximum atomic E-state index is 13.1. The second-order valence-corrected chi connectivity index (χ2v) is 7.79. The third-order valence-electron chi connectivity index (χ3n) is 3.89. The van der Waals surface area contributed by atoms with Crippen LogP contribution >= 0.6 is 11.6 Å². The van der Waals surface area contributed by atoms with Gasteiger partial charge in [-0.1, -0.05) is 43.6 Å². The molecule has 0 unspecified atom stereocenters. The first-order valence-corrected chi connectivity index (χ1v) is 9.73. The van der Waals surface area contributed by atoms with Crippen molar-refractivity contribution in [3.8, 4) is 0 Å². The van der Waals surface area contributed by atoms with Crippen molar-refractivity contribution in [3.63, 3.8) is 0 Å². The smallest absolute Gasteiger partial charge is 0.324 e. The molecule has 0 radical (unpaired) electrons. The Balaban J connectivity index is 2.69. The minimum atomic E-state index is -4.04. The van der Waals surface area contributed by atoms with Crippen LogP contribution in [0.25, 0.3) is 0 Å². The number of aliphatic carboxylic acids is 1. The molecule has 0 atom stereocenters. The van der Waals surface area contributed by atoms with E-state index in [1.165, 1.54) is 24.3 Å². The van der Waals surface area contributed by atoms with Crippen molar-refractivity contribution in [3.05, 3.63) is 58.6 Å². The van der Waals surface area contributed by atoms with Crippen LogP contribution in [-0.2, 0) is 27.7 Å². The van der Waals surface area contributed by atoms with Gasteiger partial charge in [-0.15, -0.1) is 0 Å². The third-order valence-corrected chi connectivity index (χ3v) is 5.91. The fourth-order valence-corrected chi connectivity index (χ4v) is 4.29. The van der Waals surface area contributed by atoms with Gasteiger partial charge in [-0.25, -0.2) is 8.42 Å². The number of aryl methyl sites for hydroxylation is 2. The second-order valence-electron chi connectivity index (χ2n) is 5.49. The predicted molar refractivity (Wildman–Crippen MR) is 98.8 cm³/mol. The summed E-state index contributed by atoms with van der Waals surface area (Å²) in [5, 5.41) is 9.71. The minimum Gasteiger partial charge on any atom is -0.480 e. The Morgan fingerprint density at radius 1 is 1.04 bits per heavy atom. The Kier molecular flexibility index (Phi) is 6.08. The Labute approximate surface area is 152 Å². The number of halogens is 1. The maximum absolute atomic E-state index is 13.1. The van der Waals surface area contributed by atoms with Crippen LogP contribution in [0.5, 0.6) is 0 Å². The summed E-state index contributed by atoms with van der Waals surface area (Å²) in [5.74, 6) is -1.22. The molecule has 0 aliphatic carbocycles. The second kappa shape index (κ2) is 7.89. The van der Waals surface area contributed by atoms with Crippen LogP contribution in [-0.4, -0.2) is 26.0 Å². The highest BCUT2D eigenvalue weighted by Crippen LogP contribution is 2.32. The monoisotopic (exact) mass is 381 g/mol. The van der Waals surface area contributed by atoms with Gasteiger partial charge < -0.3 is 5.11 Å². The van der Waals surface area contributed by atoms with Crippen LogP contribution < -0.4 is 4.31 Å². The number of para-hydroxylation sites is 1. The number of benzene rings is 2. The zero-order chi connectivity index (χ0) is 18.6. The van der Waals surface area contributed by atoms with E-state index in [1.807, 2.05) is 32.0 Å². The lowest BCUT2D eigenvalue weighted by molar-refractivity contribution is -0.135. The first-order chi connectivity index (χ1) is 11.8. The molecule has 0 amide bonds. The molecular formula is C18H20ClNO4S. The van der Waals surface area contributed by atoms with E-state index in [4.69, 9.17) is 11.6 Å². The van der Waals surface area contributed by atoms with Crippen LogP contribution in [0.3, 0.4) is 0 Å². The molecule has 25 heavy (non-hydrogen) atoms. The normalized spacial score (nSPS) is 11.3. The van der Waals surface area contributed by atoms with Crippen LogP contribution in [0.15, 0.2) is 47.4 Å². The Morgan fingerprint density at radius 3 is 2.00 bits per heavy atom. The number of carboxylic acids is 1. The number of anilines is 1. The summed E-state index contributed by atoms with van der Waals surface area (Å²) in [4.78, 5) is 11.4. The van der Waals surface area contributed by atoms with Gasteiger partial charge in [-0.3, -0.25) is 9.10 Å². The molecule has 134 valence electrons. The summed E-state index contributed by atoms with van der Waals surface area (Å²) in [6.07, 6.45) is 1.19. The first kappa shape index (κ1) is 19.3. The molecule has 0 bridgehead atoms. The van der Waals surface area contributed by atoms with Crippen molar-refractivity contribution < 1.29 is 18.3 Å². The van der Waals surface area contributed by atoms with Crippen molar-refractivity contribution in [2.75, 3.05) is 10.8 Å². The molecular weight excluding hydrogens is 362 g/mol. The number of carboxylic acid groups (broad SMARTS) is 1. The fraction of sp³-hybridized carbons (Fsp3) is 0.278. The van der Waals surface area contributed by atoms with Gasteiger partial charge in [0.15, 0.2) is 0 Å². The summed E-state index contributed by atoms with van der Waals surface area (Å²) in [5.41, 5.74) is 2.03. The fourth-order valence-electron chi connectivity index (χ4n) is 2.68. The SMILES string of the molecule is CCc1cccc(CC)c1N(CC(=O)O)S(=O)(=O)c1ccc(Cl)cc1. The lowest BCUT2D eigenvalue weighted by Crippen LogP contribution is -2.37. The lowest BCUT2D eigenvalue weighted by atomic mass is 10.0. The number of hydrogen-bond donors (Lipinski definition) is 1. The van der Waals surface area contributed by atoms with E-state index in [0.717, 1.165) is 15.4 Å². The average Bonchev–Trinajstić information content (AvgIpc) is 2.59. The van der Waals surface area contributed by atoms with E-state index < -0.39 is 22.5 Å². The lowest BCUT2D eigenvalue weighted by Gasteiger charge is -2.27. The van der Waals surface area contributed by atoms with Crippen molar-refractivity contribution in [1.82, 2.24) is 0 Å². The van der Waals surface area contributed by atoms with Gasteiger partial charge in [0.1, 0.15) is 6.54 Å². The molecule has 5 nitrogen and oxygen atoms in total. The topological polar surface area (TPSA) is 74.7 Å². The summed E-state index contributed by atoms with van der Waals surface area (Å²) < 4.78 is 27.3. The van der Waals surface area contributed by atoms with Gasteiger partial charge >= 0.3 is 5.97 Å². The first-order valence-electron chi connectivity index (χ1n) is 7.92.